The predicted molar refractivity (Wildman–Crippen MR) is 307 cm³/mol. The Bertz CT molecular complexity index is 1370. The summed E-state index contributed by atoms with van der Waals surface area (Å²) in [6.45, 7) is 6.48. The van der Waals surface area contributed by atoms with E-state index in [1.54, 1.807) is 0 Å². The van der Waals surface area contributed by atoms with Crippen LogP contribution in [0.15, 0.2) is 85.1 Å². The van der Waals surface area contributed by atoms with Gasteiger partial charge in [0, 0.05) is 19.3 Å². The Morgan fingerprint density at radius 3 is 0.930 bits per heavy atom. The lowest BCUT2D eigenvalue weighted by Crippen LogP contribution is -2.30. The second-order valence-electron chi connectivity index (χ2n) is 19.9. The van der Waals surface area contributed by atoms with Crippen molar-refractivity contribution >= 4 is 17.9 Å². The SMILES string of the molecule is CC/C=C\C/C=C\C/C=C\C/C=C\C/C=C\CCCC(=O)OC[C@H](COC(=O)CCCCCCC/C=C\CCCCCCCC)OC(=O)CCCCCCCCCCCCC/C=C\CCCCCCCC. The van der Waals surface area contributed by atoms with Gasteiger partial charge in [-0.3, -0.25) is 14.4 Å². The van der Waals surface area contributed by atoms with Gasteiger partial charge in [-0.25, -0.2) is 0 Å². The lowest BCUT2D eigenvalue weighted by Gasteiger charge is -2.18. The van der Waals surface area contributed by atoms with Gasteiger partial charge in [-0.15, -0.1) is 0 Å². The van der Waals surface area contributed by atoms with Crippen LogP contribution in [0.3, 0.4) is 0 Å². The van der Waals surface area contributed by atoms with Crippen LogP contribution >= 0.6 is 0 Å². The molecule has 0 saturated carbocycles. The van der Waals surface area contributed by atoms with Crippen molar-refractivity contribution in [2.24, 2.45) is 0 Å². The average molecular weight is 990 g/mol. The minimum atomic E-state index is -0.804. The highest BCUT2D eigenvalue weighted by atomic mass is 16.6. The highest BCUT2D eigenvalue weighted by Gasteiger charge is 2.19. The van der Waals surface area contributed by atoms with Crippen LogP contribution in [0.4, 0.5) is 0 Å². The molecular weight excluding hydrogens is 877 g/mol. The molecular formula is C65H112O6. The average Bonchev–Trinajstić information content (AvgIpc) is 3.37. The molecule has 71 heavy (non-hydrogen) atoms. The molecule has 1 atom stereocenters. The first kappa shape index (κ1) is 67.6. The van der Waals surface area contributed by atoms with Crippen LogP contribution in [-0.2, 0) is 28.6 Å². The topological polar surface area (TPSA) is 78.9 Å². The van der Waals surface area contributed by atoms with Gasteiger partial charge < -0.3 is 14.2 Å². The Hall–Kier alpha value is -3.41. The maximum atomic E-state index is 12.9. The Kier molecular flexibility index (Phi) is 56.3. The van der Waals surface area contributed by atoms with Crippen LogP contribution < -0.4 is 0 Å². The molecule has 0 heterocycles. The number of allylic oxidation sites excluding steroid dienone is 14. The summed E-state index contributed by atoms with van der Waals surface area (Å²) in [6.07, 6.45) is 77.3. The summed E-state index contributed by atoms with van der Waals surface area (Å²) in [7, 11) is 0. The van der Waals surface area contributed by atoms with E-state index in [0.717, 1.165) is 83.5 Å². The summed E-state index contributed by atoms with van der Waals surface area (Å²) in [5.74, 6) is -0.959. The van der Waals surface area contributed by atoms with Crippen LogP contribution in [0.2, 0.25) is 0 Å². The third-order valence-corrected chi connectivity index (χ3v) is 12.9. The summed E-state index contributed by atoms with van der Waals surface area (Å²) in [5.41, 5.74) is 0. The Balaban J connectivity index is 4.44. The number of esters is 3. The van der Waals surface area contributed by atoms with Crippen molar-refractivity contribution in [3.8, 4) is 0 Å². The Morgan fingerprint density at radius 1 is 0.296 bits per heavy atom. The number of hydrogen-bond donors (Lipinski definition) is 0. The Labute approximate surface area is 439 Å². The fourth-order valence-electron chi connectivity index (χ4n) is 8.35. The van der Waals surface area contributed by atoms with E-state index < -0.39 is 6.10 Å². The molecule has 0 saturated heterocycles. The zero-order valence-corrected chi connectivity index (χ0v) is 46.7. The van der Waals surface area contributed by atoms with Crippen LogP contribution in [0.25, 0.3) is 0 Å². The molecule has 0 aromatic carbocycles. The lowest BCUT2D eigenvalue weighted by molar-refractivity contribution is -0.167. The molecule has 0 N–H and O–H groups in total. The molecule has 0 spiro atoms. The number of hydrogen-bond acceptors (Lipinski definition) is 6. The van der Waals surface area contributed by atoms with Crippen molar-refractivity contribution < 1.29 is 28.6 Å². The van der Waals surface area contributed by atoms with E-state index in [1.165, 1.54) is 161 Å². The van der Waals surface area contributed by atoms with Gasteiger partial charge in [-0.05, 0) is 109 Å². The zero-order valence-electron chi connectivity index (χ0n) is 46.7. The van der Waals surface area contributed by atoms with Crippen molar-refractivity contribution in [3.63, 3.8) is 0 Å². The first-order chi connectivity index (χ1) is 35.0. The smallest absolute Gasteiger partial charge is 0.306 e. The normalized spacial score (nSPS) is 12.7. The fourth-order valence-corrected chi connectivity index (χ4v) is 8.35. The van der Waals surface area contributed by atoms with E-state index in [1.807, 2.05) is 0 Å². The van der Waals surface area contributed by atoms with Crippen molar-refractivity contribution in [1.29, 1.82) is 0 Å². The van der Waals surface area contributed by atoms with E-state index in [-0.39, 0.29) is 37.5 Å². The molecule has 0 aliphatic heterocycles. The monoisotopic (exact) mass is 989 g/mol. The second-order valence-corrected chi connectivity index (χ2v) is 19.9. The molecule has 0 rings (SSSR count). The van der Waals surface area contributed by atoms with Crippen molar-refractivity contribution in [1.82, 2.24) is 0 Å². The molecule has 0 unspecified atom stereocenters. The first-order valence-corrected chi connectivity index (χ1v) is 30.1. The predicted octanol–water partition coefficient (Wildman–Crippen LogP) is 20.3. The third-order valence-electron chi connectivity index (χ3n) is 12.9. The summed E-state index contributed by atoms with van der Waals surface area (Å²) < 4.78 is 16.8. The van der Waals surface area contributed by atoms with E-state index >= 15 is 0 Å². The van der Waals surface area contributed by atoms with Gasteiger partial charge in [0.2, 0.25) is 0 Å². The number of rotatable bonds is 54. The second kappa shape index (κ2) is 59.2. The molecule has 0 fully saturated rings. The molecule has 0 aliphatic rings. The van der Waals surface area contributed by atoms with E-state index in [4.69, 9.17) is 14.2 Å². The first-order valence-electron chi connectivity index (χ1n) is 30.1. The summed E-state index contributed by atoms with van der Waals surface area (Å²) >= 11 is 0. The molecule has 0 aromatic rings. The third kappa shape index (κ3) is 57.4. The maximum absolute atomic E-state index is 12.9. The molecule has 6 heteroatoms. The van der Waals surface area contributed by atoms with Gasteiger partial charge in [0.15, 0.2) is 6.10 Å². The van der Waals surface area contributed by atoms with Gasteiger partial charge in [0.25, 0.3) is 0 Å². The molecule has 0 aromatic heterocycles. The van der Waals surface area contributed by atoms with Crippen LogP contribution in [0.5, 0.6) is 0 Å². The number of carbonyl (C=O) groups excluding carboxylic acids is 3. The molecule has 0 radical (unpaired) electrons. The van der Waals surface area contributed by atoms with Crippen molar-refractivity contribution in [2.75, 3.05) is 13.2 Å². The van der Waals surface area contributed by atoms with Gasteiger partial charge in [-0.2, -0.15) is 0 Å². The van der Waals surface area contributed by atoms with Gasteiger partial charge in [-0.1, -0.05) is 247 Å². The number of ether oxygens (including phenoxy) is 3. The summed E-state index contributed by atoms with van der Waals surface area (Å²) in [6, 6.07) is 0. The fraction of sp³-hybridized carbons (Fsp3) is 0.738. The van der Waals surface area contributed by atoms with Crippen LogP contribution in [-0.4, -0.2) is 37.2 Å². The lowest BCUT2D eigenvalue weighted by atomic mass is 10.0. The number of unbranched alkanes of at least 4 members (excludes halogenated alkanes) is 29. The summed E-state index contributed by atoms with van der Waals surface area (Å²) in [4.78, 5) is 38.2. The summed E-state index contributed by atoms with van der Waals surface area (Å²) in [5, 5.41) is 0. The van der Waals surface area contributed by atoms with Gasteiger partial charge in [0.1, 0.15) is 13.2 Å². The highest BCUT2D eigenvalue weighted by Crippen LogP contribution is 2.15. The molecule has 0 bridgehead atoms. The van der Waals surface area contributed by atoms with Crippen LogP contribution in [0, 0.1) is 0 Å². The zero-order chi connectivity index (χ0) is 51.4. The standard InChI is InChI=1S/C65H112O6/c1-4-7-10-13-16-19-22-25-28-30-31-32-33-35-38-41-44-47-50-53-56-59-65(68)71-62(60-69-63(66)57-54-51-48-45-42-39-36-27-24-21-18-15-12-9-6-3)61-70-64(67)58-55-52-49-46-43-40-37-34-29-26-23-20-17-14-11-8-5-2/h8,11,17,20,25-29,36-37,40,46,49,62H,4-7,9-10,12-16,18-19,21-24,30-35,38-39,41-45,47-48,50-61H2,1-3H3/b11-8-,20-17-,28-25-,29-26-,36-27-,40-37-,49-46-/t62-/m0/s1. The number of carbonyl (C=O) groups is 3. The van der Waals surface area contributed by atoms with Crippen LogP contribution in [0.1, 0.15) is 290 Å². The Morgan fingerprint density at radius 2 is 0.563 bits per heavy atom. The van der Waals surface area contributed by atoms with Crippen molar-refractivity contribution in [3.05, 3.63) is 85.1 Å². The van der Waals surface area contributed by atoms with E-state index in [0.29, 0.717) is 19.3 Å². The molecule has 408 valence electrons. The minimum absolute atomic E-state index is 0.0979. The quantitative estimate of drug-likeness (QED) is 0.0261. The van der Waals surface area contributed by atoms with E-state index in [2.05, 4.69) is 106 Å². The molecule has 6 nitrogen and oxygen atoms in total. The highest BCUT2D eigenvalue weighted by molar-refractivity contribution is 5.71. The molecule has 0 aliphatic carbocycles. The minimum Gasteiger partial charge on any atom is -0.462 e. The largest absolute Gasteiger partial charge is 0.462 e. The van der Waals surface area contributed by atoms with E-state index in [9.17, 15) is 14.4 Å². The van der Waals surface area contributed by atoms with Gasteiger partial charge >= 0.3 is 17.9 Å². The molecule has 0 amide bonds. The van der Waals surface area contributed by atoms with Gasteiger partial charge in [0.05, 0.1) is 0 Å². The maximum Gasteiger partial charge on any atom is 0.306 e. The van der Waals surface area contributed by atoms with Crippen molar-refractivity contribution in [2.45, 2.75) is 297 Å².